The molecular formula is C18H18N4O6S. The van der Waals surface area contributed by atoms with Crippen molar-refractivity contribution in [1.29, 1.82) is 0 Å². The zero-order chi connectivity index (χ0) is 21.2. The van der Waals surface area contributed by atoms with Crippen molar-refractivity contribution < 1.29 is 22.9 Å². The van der Waals surface area contributed by atoms with Gasteiger partial charge in [-0.05, 0) is 37.1 Å². The molecule has 29 heavy (non-hydrogen) atoms. The Bertz CT molecular complexity index is 1100. The number of benzene rings is 2. The lowest BCUT2D eigenvalue weighted by molar-refractivity contribution is -0.383. The van der Waals surface area contributed by atoms with Crippen LogP contribution in [0.25, 0.3) is 0 Å². The Balaban J connectivity index is 1.78. The lowest BCUT2D eigenvalue weighted by Crippen LogP contribution is -2.30. The summed E-state index contributed by atoms with van der Waals surface area (Å²) in [6.07, 6.45) is 0.510. The maximum atomic E-state index is 12.3. The Hall–Kier alpha value is -3.47. The zero-order valence-electron chi connectivity index (χ0n) is 15.4. The van der Waals surface area contributed by atoms with Crippen molar-refractivity contribution in [1.82, 2.24) is 0 Å². The van der Waals surface area contributed by atoms with Gasteiger partial charge < -0.3 is 10.6 Å². The van der Waals surface area contributed by atoms with Crippen LogP contribution in [0.3, 0.4) is 0 Å². The Kier molecular flexibility index (Phi) is 5.50. The van der Waals surface area contributed by atoms with Crippen LogP contribution in [0.1, 0.15) is 12.0 Å². The average Bonchev–Trinajstić information content (AvgIpc) is 3.02. The smallest absolute Gasteiger partial charge is 0.314 e. The minimum absolute atomic E-state index is 0.0564. The summed E-state index contributed by atoms with van der Waals surface area (Å²) >= 11 is 0. The number of para-hydroxylation sites is 2. The van der Waals surface area contributed by atoms with Gasteiger partial charge in [0.25, 0.3) is 5.69 Å². The topological polar surface area (TPSA) is 139 Å². The van der Waals surface area contributed by atoms with Crippen LogP contribution in [-0.4, -0.2) is 37.5 Å². The number of rotatable bonds is 4. The molecule has 3 rings (SSSR count). The van der Waals surface area contributed by atoms with Gasteiger partial charge in [-0.3, -0.25) is 24.0 Å². The first-order valence-corrected chi connectivity index (χ1v) is 10.3. The molecule has 0 bridgehead atoms. The molecule has 0 aromatic heterocycles. The number of carbonyl (C=O) groups excluding carboxylic acids is 2. The third-order valence-electron chi connectivity index (χ3n) is 4.41. The van der Waals surface area contributed by atoms with E-state index in [0.717, 1.165) is 0 Å². The van der Waals surface area contributed by atoms with Gasteiger partial charge in [0.1, 0.15) is 5.69 Å². The van der Waals surface area contributed by atoms with Crippen molar-refractivity contribution in [3.8, 4) is 0 Å². The highest BCUT2D eigenvalue weighted by atomic mass is 32.2. The van der Waals surface area contributed by atoms with Crippen molar-refractivity contribution in [2.45, 2.75) is 13.3 Å². The fraction of sp³-hybridized carbons (Fsp3) is 0.222. The highest BCUT2D eigenvalue weighted by Gasteiger charge is 2.29. The molecule has 1 heterocycles. The van der Waals surface area contributed by atoms with E-state index < -0.39 is 26.8 Å². The van der Waals surface area contributed by atoms with Crippen LogP contribution in [0, 0.1) is 17.0 Å². The monoisotopic (exact) mass is 418 g/mol. The van der Waals surface area contributed by atoms with Gasteiger partial charge in [-0.15, -0.1) is 0 Å². The summed E-state index contributed by atoms with van der Waals surface area (Å²) in [7, 11) is -3.39. The molecule has 11 heteroatoms. The summed E-state index contributed by atoms with van der Waals surface area (Å²) in [6, 6.07) is 10.2. The van der Waals surface area contributed by atoms with Gasteiger partial charge in [-0.2, -0.15) is 0 Å². The number of amides is 2. The lowest BCUT2D eigenvalue weighted by Gasteiger charge is -2.19. The van der Waals surface area contributed by atoms with Crippen LogP contribution < -0.4 is 14.9 Å². The molecule has 0 aliphatic carbocycles. The van der Waals surface area contributed by atoms with E-state index >= 15 is 0 Å². The van der Waals surface area contributed by atoms with Crippen LogP contribution in [0.2, 0.25) is 0 Å². The number of sulfonamides is 1. The van der Waals surface area contributed by atoms with E-state index in [9.17, 15) is 28.1 Å². The maximum absolute atomic E-state index is 12.3. The molecule has 152 valence electrons. The Morgan fingerprint density at radius 3 is 2.34 bits per heavy atom. The van der Waals surface area contributed by atoms with E-state index in [2.05, 4.69) is 10.6 Å². The molecule has 2 amide bonds. The van der Waals surface area contributed by atoms with E-state index in [4.69, 9.17) is 0 Å². The normalized spacial score (nSPS) is 15.0. The van der Waals surface area contributed by atoms with Gasteiger partial charge in [0.2, 0.25) is 10.0 Å². The predicted molar refractivity (Wildman–Crippen MR) is 107 cm³/mol. The summed E-state index contributed by atoms with van der Waals surface area (Å²) < 4.78 is 25.5. The molecule has 0 radical (unpaired) electrons. The maximum Gasteiger partial charge on any atom is 0.314 e. The third-order valence-corrected chi connectivity index (χ3v) is 6.28. The Labute approximate surface area is 166 Å². The van der Waals surface area contributed by atoms with Gasteiger partial charge in [0.05, 0.1) is 16.4 Å². The molecule has 1 aliphatic rings. The van der Waals surface area contributed by atoms with Crippen LogP contribution in [0.4, 0.5) is 22.7 Å². The van der Waals surface area contributed by atoms with Gasteiger partial charge >= 0.3 is 11.8 Å². The van der Waals surface area contributed by atoms with Crippen molar-refractivity contribution in [2.24, 2.45) is 0 Å². The number of nitro benzene ring substituents is 1. The molecule has 0 spiro atoms. The zero-order valence-corrected chi connectivity index (χ0v) is 16.2. The van der Waals surface area contributed by atoms with Crippen LogP contribution >= 0.6 is 0 Å². The van der Waals surface area contributed by atoms with Crippen LogP contribution in [0.5, 0.6) is 0 Å². The molecule has 2 N–H and O–H groups in total. The minimum Gasteiger partial charge on any atom is -0.317 e. The lowest BCUT2D eigenvalue weighted by atomic mass is 10.1. The molecular weight excluding hydrogens is 400 g/mol. The second-order valence-corrected chi connectivity index (χ2v) is 8.44. The minimum atomic E-state index is -3.39. The Morgan fingerprint density at radius 1 is 1.07 bits per heavy atom. The summed E-state index contributed by atoms with van der Waals surface area (Å²) in [5, 5.41) is 15.7. The number of hydrogen-bond acceptors (Lipinski definition) is 6. The van der Waals surface area contributed by atoms with Crippen molar-refractivity contribution in [2.75, 3.05) is 27.2 Å². The summed E-state index contributed by atoms with van der Waals surface area (Å²) in [5.41, 5.74) is 0.837. The number of anilines is 3. The number of nitro groups is 1. The molecule has 1 aliphatic heterocycles. The van der Waals surface area contributed by atoms with Gasteiger partial charge in [-0.25, -0.2) is 8.42 Å². The fourth-order valence-electron chi connectivity index (χ4n) is 2.93. The van der Waals surface area contributed by atoms with Crippen molar-refractivity contribution in [3.05, 3.63) is 58.1 Å². The van der Waals surface area contributed by atoms with E-state index in [0.29, 0.717) is 24.2 Å². The molecule has 2 aromatic carbocycles. The van der Waals surface area contributed by atoms with Crippen molar-refractivity contribution >= 4 is 44.6 Å². The first-order chi connectivity index (χ1) is 13.7. The predicted octanol–water partition coefficient (Wildman–Crippen LogP) is 2.02. The van der Waals surface area contributed by atoms with Crippen LogP contribution in [-0.2, 0) is 19.6 Å². The largest absolute Gasteiger partial charge is 0.317 e. The van der Waals surface area contributed by atoms with E-state index in [1.165, 1.54) is 34.6 Å². The number of nitrogens with zero attached hydrogens (tertiary/aromatic N) is 2. The fourth-order valence-corrected chi connectivity index (χ4v) is 4.48. The highest BCUT2D eigenvalue weighted by molar-refractivity contribution is 7.93. The molecule has 1 saturated heterocycles. The molecule has 1 fully saturated rings. The quantitative estimate of drug-likeness (QED) is 0.442. The number of nitrogens with one attached hydrogen (secondary N) is 2. The Morgan fingerprint density at radius 2 is 1.72 bits per heavy atom. The summed E-state index contributed by atoms with van der Waals surface area (Å²) in [4.78, 5) is 34.8. The summed E-state index contributed by atoms with van der Waals surface area (Å²) in [5.74, 6) is -2.06. The number of carbonyl (C=O) groups is 2. The molecule has 0 unspecified atom stereocenters. The van der Waals surface area contributed by atoms with Crippen molar-refractivity contribution in [3.63, 3.8) is 0 Å². The molecule has 0 saturated carbocycles. The van der Waals surface area contributed by atoms with E-state index in [-0.39, 0.29) is 22.8 Å². The number of aryl methyl sites for hydroxylation is 1. The standard InChI is InChI=1S/C18H18N4O6S/c1-12-7-8-13(21-9-4-10-29(21,27)28)11-15(12)20-18(24)17(23)19-14-5-2-3-6-16(14)22(25)26/h2-3,5-8,11H,4,9-10H2,1H3,(H,19,23)(H,20,24). The summed E-state index contributed by atoms with van der Waals surface area (Å²) in [6.45, 7) is 2.04. The van der Waals surface area contributed by atoms with E-state index in [1.807, 2.05) is 0 Å². The van der Waals surface area contributed by atoms with E-state index in [1.54, 1.807) is 19.1 Å². The molecule has 2 aromatic rings. The number of hydrogen-bond donors (Lipinski definition) is 2. The molecule has 0 atom stereocenters. The van der Waals surface area contributed by atoms with Crippen LogP contribution in [0.15, 0.2) is 42.5 Å². The van der Waals surface area contributed by atoms with Gasteiger partial charge in [0, 0.05) is 18.3 Å². The van der Waals surface area contributed by atoms with Gasteiger partial charge in [0.15, 0.2) is 0 Å². The second kappa shape index (κ2) is 7.87. The van der Waals surface area contributed by atoms with Gasteiger partial charge in [-0.1, -0.05) is 18.2 Å². The third kappa shape index (κ3) is 4.35. The first kappa shape index (κ1) is 20.3. The first-order valence-electron chi connectivity index (χ1n) is 8.66. The second-order valence-electron chi connectivity index (χ2n) is 6.42. The highest BCUT2D eigenvalue weighted by Crippen LogP contribution is 2.29. The molecule has 10 nitrogen and oxygen atoms in total. The SMILES string of the molecule is Cc1ccc(N2CCCS2(=O)=O)cc1NC(=O)C(=O)Nc1ccccc1[N+](=O)[O-]. The average molecular weight is 418 g/mol.